The maximum atomic E-state index is 12.4. The fourth-order valence-electron chi connectivity index (χ4n) is 2.48. The maximum absolute atomic E-state index is 12.4. The Bertz CT molecular complexity index is 1040. The van der Waals surface area contributed by atoms with Crippen LogP contribution in [0, 0.1) is 0 Å². The van der Waals surface area contributed by atoms with E-state index in [2.05, 4.69) is 16.0 Å². The van der Waals surface area contributed by atoms with Crippen molar-refractivity contribution < 1.29 is 14.0 Å². The van der Waals surface area contributed by atoms with Gasteiger partial charge in [0.05, 0.1) is 0 Å². The number of nitrogens with one attached hydrogen (secondary N) is 3. The summed E-state index contributed by atoms with van der Waals surface area (Å²) in [7, 11) is 0. The second-order valence-corrected chi connectivity index (χ2v) is 6.27. The quantitative estimate of drug-likeness (QED) is 0.615. The number of fused-ring (bicyclic) bond motifs is 1. The molecule has 0 saturated carbocycles. The molecule has 1 aromatic heterocycles. The fraction of sp³-hybridized carbons (Fsp3) is 0.150. The molecule has 0 fully saturated rings. The van der Waals surface area contributed by atoms with Crippen LogP contribution in [-0.2, 0) is 0 Å². The van der Waals surface area contributed by atoms with Gasteiger partial charge in [0.15, 0.2) is 0 Å². The Morgan fingerprint density at radius 1 is 0.926 bits per heavy atom. The van der Waals surface area contributed by atoms with Crippen molar-refractivity contribution in [3.63, 3.8) is 0 Å². The average molecular weight is 365 g/mol. The molecule has 0 aliphatic rings. The van der Waals surface area contributed by atoms with Crippen LogP contribution in [0.25, 0.3) is 11.0 Å². The van der Waals surface area contributed by atoms with Crippen molar-refractivity contribution >= 4 is 34.3 Å². The van der Waals surface area contributed by atoms with Crippen LogP contribution < -0.4 is 21.6 Å². The molecule has 3 amide bonds. The van der Waals surface area contributed by atoms with Crippen molar-refractivity contribution in [3.05, 3.63) is 70.6 Å². The molecule has 3 aromatic rings. The third-order valence-electron chi connectivity index (χ3n) is 3.71. The lowest BCUT2D eigenvalue weighted by Gasteiger charge is -2.11. The molecule has 7 nitrogen and oxygen atoms in total. The highest BCUT2D eigenvalue weighted by Gasteiger charge is 2.14. The average Bonchev–Trinajstić information content (AvgIpc) is 2.62. The highest BCUT2D eigenvalue weighted by Crippen LogP contribution is 2.16. The van der Waals surface area contributed by atoms with Gasteiger partial charge in [-0.15, -0.1) is 0 Å². The van der Waals surface area contributed by atoms with E-state index in [0.29, 0.717) is 22.3 Å². The van der Waals surface area contributed by atoms with Crippen LogP contribution >= 0.6 is 0 Å². The van der Waals surface area contributed by atoms with E-state index in [1.807, 2.05) is 13.8 Å². The second kappa shape index (κ2) is 7.74. The third kappa shape index (κ3) is 4.52. The summed E-state index contributed by atoms with van der Waals surface area (Å²) in [6.45, 7) is 3.73. The van der Waals surface area contributed by atoms with Gasteiger partial charge in [-0.05, 0) is 50.2 Å². The standard InChI is InChI=1S/C20H19N3O4/c1-12(2)21-20(26)23-15-9-7-14(8-10-15)22-18(24)16-11-13-5-3-4-6-17(13)27-19(16)25/h3-12H,1-2H3,(H,22,24)(H2,21,23,26). The van der Waals surface area contributed by atoms with E-state index in [1.54, 1.807) is 48.5 Å². The number of carbonyl (C=O) groups is 2. The number of para-hydroxylation sites is 1. The predicted molar refractivity (Wildman–Crippen MR) is 104 cm³/mol. The molecule has 0 atom stereocenters. The van der Waals surface area contributed by atoms with Gasteiger partial charge >= 0.3 is 11.7 Å². The Morgan fingerprint density at radius 2 is 1.56 bits per heavy atom. The van der Waals surface area contributed by atoms with Crippen molar-refractivity contribution in [2.24, 2.45) is 0 Å². The third-order valence-corrected chi connectivity index (χ3v) is 3.71. The van der Waals surface area contributed by atoms with E-state index in [9.17, 15) is 14.4 Å². The van der Waals surface area contributed by atoms with Crippen LogP contribution in [-0.4, -0.2) is 18.0 Å². The van der Waals surface area contributed by atoms with E-state index in [0.717, 1.165) is 0 Å². The number of rotatable bonds is 4. The molecule has 138 valence electrons. The zero-order chi connectivity index (χ0) is 19.4. The molecule has 0 bridgehead atoms. The molecule has 0 spiro atoms. The lowest BCUT2D eigenvalue weighted by molar-refractivity contribution is 0.102. The van der Waals surface area contributed by atoms with Crippen LogP contribution in [0.4, 0.5) is 16.2 Å². The Labute approximate surface area is 155 Å². The van der Waals surface area contributed by atoms with E-state index in [-0.39, 0.29) is 17.6 Å². The molecule has 2 aromatic carbocycles. The van der Waals surface area contributed by atoms with Gasteiger partial charge in [0, 0.05) is 22.8 Å². The van der Waals surface area contributed by atoms with Gasteiger partial charge < -0.3 is 20.4 Å². The van der Waals surface area contributed by atoms with E-state index < -0.39 is 11.5 Å². The van der Waals surface area contributed by atoms with Gasteiger partial charge in [-0.25, -0.2) is 9.59 Å². The highest BCUT2D eigenvalue weighted by atomic mass is 16.4. The minimum Gasteiger partial charge on any atom is -0.422 e. The van der Waals surface area contributed by atoms with Crippen LogP contribution in [0.15, 0.2) is 63.8 Å². The highest BCUT2D eigenvalue weighted by molar-refractivity contribution is 6.05. The van der Waals surface area contributed by atoms with Crippen molar-refractivity contribution in [2.45, 2.75) is 19.9 Å². The van der Waals surface area contributed by atoms with E-state index in [1.165, 1.54) is 6.07 Å². The van der Waals surface area contributed by atoms with Crippen LogP contribution in [0.1, 0.15) is 24.2 Å². The van der Waals surface area contributed by atoms with Crippen LogP contribution in [0.2, 0.25) is 0 Å². The lowest BCUT2D eigenvalue weighted by atomic mass is 10.1. The minimum absolute atomic E-state index is 0.0252. The second-order valence-electron chi connectivity index (χ2n) is 6.27. The Morgan fingerprint density at radius 3 is 2.22 bits per heavy atom. The minimum atomic E-state index is -0.699. The fourth-order valence-corrected chi connectivity index (χ4v) is 2.48. The summed E-state index contributed by atoms with van der Waals surface area (Å²) in [5.41, 5.74) is 0.718. The molecular weight excluding hydrogens is 346 g/mol. The largest absolute Gasteiger partial charge is 0.422 e. The number of anilines is 2. The summed E-state index contributed by atoms with van der Waals surface area (Å²) in [6, 6.07) is 14.8. The summed E-state index contributed by atoms with van der Waals surface area (Å²) >= 11 is 0. The summed E-state index contributed by atoms with van der Waals surface area (Å²) in [4.78, 5) is 36.1. The van der Waals surface area contributed by atoms with Crippen molar-refractivity contribution in [2.75, 3.05) is 10.6 Å². The first kappa shape index (κ1) is 18.2. The first-order valence-corrected chi connectivity index (χ1v) is 8.44. The number of carbonyl (C=O) groups excluding carboxylic acids is 2. The topological polar surface area (TPSA) is 100 Å². The molecule has 0 aliphatic carbocycles. The van der Waals surface area contributed by atoms with E-state index in [4.69, 9.17) is 4.42 Å². The smallest absolute Gasteiger partial charge is 0.349 e. The van der Waals surface area contributed by atoms with Gasteiger partial charge in [0.2, 0.25) is 0 Å². The summed E-state index contributed by atoms with van der Waals surface area (Å²) in [6.07, 6.45) is 0. The molecule has 27 heavy (non-hydrogen) atoms. The Balaban J connectivity index is 1.72. The number of urea groups is 1. The number of hydrogen-bond acceptors (Lipinski definition) is 4. The van der Waals surface area contributed by atoms with Gasteiger partial charge in [-0.3, -0.25) is 4.79 Å². The number of benzene rings is 2. The normalized spacial score (nSPS) is 10.6. The molecule has 3 N–H and O–H groups in total. The molecule has 0 aliphatic heterocycles. The summed E-state index contributed by atoms with van der Waals surface area (Å²) < 4.78 is 5.18. The van der Waals surface area contributed by atoms with Gasteiger partial charge in [0.1, 0.15) is 11.1 Å². The van der Waals surface area contributed by atoms with Crippen LogP contribution in [0.5, 0.6) is 0 Å². The molecule has 3 rings (SSSR count). The van der Waals surface area contributed by atoms with Gasteiger partial charge in [0.25, 0.3) is 5.91 Å². The SMILES string of the molecule is CC(C)NC(=O)Nc1ccc(NC(=O)c2cc3ccccc3oc2=O)cc1. The van der Waals surface area contributed by atoms with Gasteiger partial charge in [-0.2, -0.15) is 0 Å². The van der Waals surface area contributed by atoms with E-state index >= 15 is 0 Å². The summed E-state index contributed by atoms with van der Waals surface area (Å²) in [5.74, 6) is -0.562. The Kier molecular flexibility index (Phi) is 5.21. The van der Waals surface area contributed by atoms with Gasteiger partial charge in [-0.1, -0.05) is 18.2 Å². The number of hydrogen-bond donors (Lipinski definition) is 3. The van der Waals surface area contributed by atoms with Crippen molar-refractivity contribution in [3.8, 4) is 0 Å². The number of amides is 3. The first-order valence-electron chi connectivity index (χ1n) is 8.44. The first-order chi connectivity index (χ1) is 12.9. The predicted octanol–water partition coefficient (Wildman–Crippen LogP) is 3.58. The monoisotopic (exact) mass is 365 g/mol. The zero-order valence-corrected chi connectivity index (χ0v) is 14.9. The summed E-state index contributed by atoms with van der Waals surface area (Å²) in [5, 5.41) is 8.72. The molecular formula is C20H19N3O4. The maximum Gasteiger partial charge on any atom is 0.349 e. The molecule has 0 saturated heterocycles. The van der Waals surface area contributed by atoms with Crippen molar-refractivity contribution in [1.29, 1.82) is 0 Å². The Hall–Kier alpha value is -3.61. The molecule has 7 heteroatoms. The zero-order valence-electron chi connectivity index (χ0n) is 14.9. The van der Waals surface area contributed by atoms with Crippen molar-refractivity contribution in [1.82, 2.24) is 5.32 Å². The molecule has 1 heterocycles. The molecule has 0 radical (unpaired) electrons. The molecule has 0 unspecified atom stereocenters. The van der Waals surface area contributed by atoms with Crippen LogP contribution in [0.3, 0.4) is 0 Å². The lowest BCUT2D eigenvalue weighted by Crippen LogP contribution is -2.34.